The number of methoxy groups -OCH3 is 1. The van der Waals surface area contributed by atoms with Gasteiger partial charge in [-0.2, -0.15) is 4.98 Å². The van der Waals surface area contributed by atoms with Crippen LogP contribution in [0.1, 0.15) is 32.4 Å². The lowest BCUT2D eigenvalue weighted by atomic mass is 9.96. The van der Waals surface area contributed by atoms with E-state index in [0.717, 1.165) is 17.1 Å². The number of benzene rings is 1. The maximum Gasteiger partial charge on any atom is 0.338 e. The average Bonchev–Trinajstić information content (AvgIpc) is 3.03. The number of hydrogen-bond acceptors (Lipinski definition) is 7. The number of aromatic nitrogens is 3. The number of esters is 1. The van der Waals surface area contributed by atoms with E-state index in [2.05, 4.69) is 15.4 Å². The summed E-state index contributed by atoms with van der Waals surface area (Å²) in [5.74, 6) is 1.88. The highest BCUT2D eigenvalue weighted by Crippen LogP contribution is 2.37. The Morgan fingerprint density at radius 2 is 2.04 bits per heavy atom. The van der Waals surface area contributed by atoms with Crippen molar-refractivity contribution in [2.75, 3.05) is 24.8 Å². The molecule has 0 aliphatic carbocycles. The Kier molecular flexibility index (Phi) is 5.51. The summed E-state index contributed by atoms with van der Waals surface area (Å²) in [6, 6.07) is 7.25. The van der Waals surface area contributed by atoms with Crippen LogP contribution in [0.15, 0.2) is 40.7 Å². The van der Waals surface area contributed by atoms with Gasteiger partial charge < -0.3 is 14.8 Å². The van der Waals surface area contributed by atoms with Crippen molar-refractivity contribution in [1.29, 1.82) is 0 Å². The molecule has 0 saturated heterocycles. The molecule has 1 atom stereocenters. The van der Waals surface area contributed by atoms with Crippen LogP contribution in [0.2, 0.25) is 0 Å². The molecule has 0 saturated carbocycles. The smallest absolute Gasteiger partial charge is 0.338 e. The van der Waals surface area contributed by atoms with Gasteiger partial charge in [0.15, 0.2) is 0 Å². The van der Waals surface area contributed by atoms with Gasteiger partial charge in [-0.1, -0.05) is 30.8 Å². The summed E-state index contributed by atoms with van der Waals surface area (Å²) >= 11 is 1.55. The second kappa shape index (κ2) is 7.82. The fraction of sp³-hybridized carbons (Fsp3) is 0.389. The van der Waals surface area contributed by atoms with Crippen LogP contribution in [0.5, 0.6) is 5.75 Å². The predicted molar refractivity (Wildman–Crippen MR) is 101 cm³/mol. The number of rotatable bonds is 6. The number of carbonyl (C=O) groups excluding carboxylic acids is 1. The summed E-state index contributed by atoms with van der Waals surface area (Å²) in [7, 11) is 1.38. The monoisotopic (exact) mass is 374 g/mol. The minimum Gasteiger partial charge on any atom is -0.494 e. The normalized spacial score (nSPS) is 16.1. The van der Waals surface area contributed by atoms with Crippen molar-refractivity contribution < 1.29 is 14.3 Å². The number of fused-ring (bicyclic) bond motifs is 1. The first-order valence-electron chi connectivity index (χ1n) is 8.47. The van der Waals surface area contributed by atoms with Crippen LogP contribution in [0.4, 0.5) is 5.95 Å². The molecule has 1 aromatic heterocycles. The molecule has 3 rings (SSSR count). The highest BCUT2D eigenvalue weighted by molar-refractivity contribution is 7.99. The van der Waals surface area contributed by atoms with E-state index in [-0.39, 0.29) is 5.97 Å². The van der Waals surface area contributed by atoms with Gasteiger partial charge in [0, 0.05) is 5.70 Å². The molecule has 138 valence electrons. The minimum absolute atomic E-state index is 0.389. The lowest BCUT2D eigenvalue weighted by Crippen LogP contribution is -2.29. The Bertz CT molecular complexity index is 829. The zero-order chi connectivity index (χ0) is 18.7. The van der Waals surface area contributed by atoms with Crippen molar-refractivity contribution in [1.82, 2.24) is 14.8 Å². The molecule has 0 fully saturated rings. The molecule has 7 nitrogen and oxygen atoms in total. The predicted octanol–water partition coefficient (Wildman–Crippen LogP) is 3.25. The second-order valence-electron chi connectivity index (χ2n) is 5.66. The number of hydrogen-bond donors (Lipinski definition) is 1. The molecule has 1 aliphatic rings. The highest BCUT2D eigenvalue weighted by atomic mass is 32.2. The number of allylic oxidation sites excluding steroid dienone is 1. The Morgan fingerprint density at radius 1 is 1.31 bits per heavy atom. The first kappa shape index (κ1) is 18.3. The van der Waals surface area contributed by atoms with Gasteiger partial charge in [-0.05, 0) is 37.3 Å². The summed E-state index contributed by atoms with van der Waals surface area (Å²) in [5.41, 5.74) is 2.14. The second-order valence-corrected chi connectivity index (χ2v) is 6.89. The molecule has 1 aliphatic heterocycles. The molecule has 2 heterocycles. The van der Waals surface area contributed by atoms with Gasteiger partial charge in [0.2, 0.25) is 11.1 Å². The molecule has 0 bridgehead atoms. The topological polar surface area (TPSA) is 78.3 Å². The summed E-state index contributed by atoms with van der Waals surface area (Å²) in [6.45, 7) is 6.44. The van der Waals surface area contributed by atoms with Crippen molar-refractivity contribution in [2.45, 2.75) is 32.0 Å². The Hall–Kier alpha value is -2.48. The molecule has 1 N–H and O–H groups in total. The fourth-order valence-corrected chi connectivity index (χ4v) is 3.47. The quantitative estimate of drug-likeness (QED) is 0.614. The van der Waals surface area contributed by atoms with E-state index in [1.54, 1.807) is 16.4 Å². The first-order valence-corrected chi connectivity index (χ1v) is 9.45. The number of carbonyl (C=O) groups is 1. The van der Waals surface area contributed by atoms with Crippen molar-refractivity contribution in [2.24, 2.45) is 0 Å². The van der Waals surface area contributed by atoms with E-state index in [0.29, 0.717) is 29.0 Å². The summed E-state index contributed by atoms with van der Waals surface area (Å²) < 4.78 is 12.3. The number of nitrogens with one attached hydrogen (secondary N) is 1. The van der Waals surface area contributed by atoms with Crippen LogP contribution < -0.4 is 10.1 Å². The van der Waals surface area contributed by atoms with E-state index in [9.17, 15) is 4.79 Å². The van der Waals surface area contributed by atoms with Gasteiger partial charge >= 0.3 is 5.97 Å². The van der Waals surface area contributed by atoms with Crippen LogP contribution in [0.3, 0.4) is 0 Å². The standard InChI is InChI=1S/C18H22N4O3S/c1-5-25-13-9-7-12(8-10-13)15-14(16(23)24-4)11(3)19-17-20-18(26-6-2)21-22(15)17/h7-10,15H,5-6H2,1-4H3,(H,19,20,21). The zero-order valence-electron chi connectivity index (χ0n) is 15.3. The van der Waals surface area contributed by atoms with Gasteiger partial charge in [0.25, 0.3) is 0 Å². The molecular weight excluding hydrogens is 352 g/mol. The molecule has 1 unspecified atom stereocenters. The van der Waals surface area contributed by atoms with E-state index in [4.69, 9.17) is 9.47 Å². The molecule has 2 aromatic rings. The summed E-state index contributed by atoms with van der Waals surface area (Å²) in [4.78, 5) is 17.0. The van der Waals surface area contributed by atoms with Crippen molar-refractivity contribution in [3.63, 3.8) is 0 Å². The Labute approximate surface area is 156 Å². The van der Waals surface area contributed by atoms with E-state index in [1.165, 1.54) is 7.11 Å². The van der Waals surface area contributed by atoms with Crippen LogP contribution in [-0.2, 0) is 9.53 Å². The third-order valence-electron chi connectivity index (χ3n) is 4.02. The summed E-state index contributed by atoms with van der Waals surface area (Å²) in [5, 5.41) is 8.43. The van der Waals surface area contributed by atoms with Crippen molar-refractivity contribution >= 4 is 23.7 Å². The van der Waals surface area contributed by atoms with E-state index < -0.39 is 6.04 Å². The molecule has 8 heteroatoms. The SMILES string of the molecule is CCOc1ccc(C2C(C(=O)OC)=C(C)Nc3nc(SCC)nn32)cc1. The molecule has 26 heavy (non-hydrogen) atoms. The van der Waals surface area contributed by atoms with Gasteiger partial charge in [-0.25, -0.2) is 9.48 Å². The Balaban J connectivity index is 2.09. The molecule has 1 aromatic carbocycles. The van der Waals surface area contributed by atoms with E-state index >= 15 is 0 Å². The Morgan fingerprint density at radius 3 is 2.65 bits per heavy atom. The van der Waals surface area contributed by atoms with Gasteiger partial charge in [0.1, 0.15) is 11.8 Å². The van der Waals surface area contributed by atoms with Gasteiger partial charge in [-0.3, -0.25) is 0 Å². The largest absolute Gasteiger partial charge is 0.494 e. The number of ether oxygens (including phenoxy) is 2. The molecular formula is C18H22N4O3S. The minimum atomic E-state index is -0.409. The van der Waals surface area contributed by atoms with Crippen molar-refractivity contribution in [3.8, 4) is 5.75 Å². The number of anilines is 1. The maximum absolute atomic E-state index is 12.5. The first-order chi connectivity index (χ1) is 12.6. The number of nitrogens with zero attached hydrogens (tertiary/aromatic N) is 3. The van der Waals surface area contributed by atoms with Gasteiger partial charge in [0.05, 0.1) is 19.3 Å². The fourth-order valence-electron chi connectivity index (χ4n) is 2.92. The van der Waals surface area contributed by atoms with Crippen LogP contribution in [0, 0.1) is 0 Å². The number of thioether (sulfide) groups is 1. The summed E-state index contributed by atoms with van der Waals surface area (Å²) in [6.07, 6.45) is 0. The molecule has 0 radical (unpaired) electrons. The van der Waals surface area contributed by atoms with Crippen LogP contribution in [-0.4, -0.2) is 40.2 Å². The third kappa shape index (κ3) is 3.41. The third-order valence-corrected chi connectivity index (χ3v) is 4.74. The maximum atomic E-state index is 12.5. The highest BCUT2D eigenvalue weighted by Gasteiger charge is 2.34. The van der Waals surface area contributed by atoms with Crippen LogP contribution in [0.25, 0.3) is 0 Å². The van der Waals surface area contributed by atoms with Crippen molar-refractivity contribution in [3.05, 3.63) is 41.1 Å². The average molecular weight is 374 g/mol. The molecule has 0 spiro atoms. The zero-order valence-corrected chi connectivity index (χ0v) is 16.1. The van der Waals surface area contributed by atoms with E-state index in [1.807, 2.05) is 45.0 Å². The van der Waals surface area contributed by atoms with Gasteiger partial charge in [-0.15, -0.1) is 5.10 Å². The lowest BCUT2D eigenvalue weighted by Gasteiger charge is -2.27. The van der Waals surface area contributed by atoms with Crippen LogP contribution >= 0.6 is 11.8 Å². The lowest BCUT2D eigenvalue weighted by molar-refractivity contribution is -0.136. The molecule has 0 amide bonds.